The fourth-order valence-corrected chi connectivity index (χ4v) is 4.12. The van der Waals surface area contributed by atoms with Crippen molar-refractivity contribution in [3.8, 4) is 0 Å². The van der Waals surface area contributed by atoms with Crippen LogP contribution in [-0.2, 0) is 0 Å². The lowest BCUT2D eigenvalue weighted by Crippen LogP contribution is -2.41. The second-order valence-electron chi connectivity index (χ2n) is 6.23. The Kier molecular flexibility index (Phi) is 5.84. The third-order valence-corrected chi connectivity index (χ3v) is 5.01. The summed E-state index contributed by atoms with van der Waals surface area (Å²) in [6.45, 7) is 3.45. The summed E-state index contributed by atoms with van der Waals surface area (Å²) >= 11 is 0. The van der Waals surface area contributed by atoms with Crippen LogP contribution in [0.15, 0.2) is 0 Å². The van der Waals surface area contributed by atoms with Gasteiger partial charge in [-0.2, -0.15) is 0 Å². The molecule has 2 fully saturated rings. The average Bonchev–Trinajstić information content (AvgIpc) is 2.79. The van der Waals surface area contributed by atoms with Gasteiger partial charge in [-0.3, -0.25) is 0 Å². The molecule has 1 N–H and O–H groups in total. The van der Waals surface area contributed by atoms with E-state index in [0.29, 0.717) is 0 Å². The highest BCUT2D eigenvalue weighted by Crippen LogP contribution is 2.35. The van der Waals surface area contributed by atoms with Gasteiger partial charge in [-0.25, -0.2) is 0 Å². The van der Waals surface area contributed by atoms with Gasteiger partial charge in [0.25, 0.3) is 0 Å². The van der Waals surface area contributed by atoms with E-state index in [0.717, 1.165) is 24.4 Å². The Hall–Kier alpha value is -0.0400. The molecule has 100 valence electrons. The monoisotopic (exact) mass is 237 g/mol. The molecule has 2 aliphatic carbocycles. The van der Waals surface area contributed by atoms with Crippen molar-refractivity contribution in [3.63, 3.8) is 0 Å². The first-order chi connectivity index (χ1) is 8.42. The van der Waals surface area contributed by atoms with E-state index in [1.165, 1.54) is 70.6 Å². The highest BCUT2D eigenvalue weighted by Gasteiger charge is 2.30. The molecule has 1 atom stereocenters. The zero-order valence-corrected chi connectivity index (χ0v) is 11.7. The van der Waals surface area contributed by atoms with Gasteiger partial charge in [-0.1, -0.05) is 51.9 Å². The third kappa shape index (κ3) is 3.98. The smallest absolute Gasteiger partial charge is 0.0123 e. The van der Waals surface area contributed by atoms with Gasteiger partial charge in [0.15, 0.2) is 0 Å². The fraction of sp³-hybridized carbons (Fsp3) is 1.00. The molecule has 0 bridgehead atoms. The molecule has 0 aromatic carbocycles. The highest BCUT2D eigenvalue weighted by molar-refractivity contribution is 4.86. The predicted octanol–water partition coefficient (Wildman–Crippen LogP) is 4.52. The molecule has 0 radical (unpaired) electrons. The van der Waals surface area contributed by atoms with Crippen molar-refractivity contribution in [3.05, 3.63) is 0 Å². The molecule has 0 heterocycles. The Morgan fingerprint density at radius 1 is 0.765 bits per heavy atom. The zero-order valence-electron chi connectivity index (χ0n) is 11.7. The Morgan fingerprint density at radius 2 is 1.18 bits per heavy atom. The van der Waals surface area contributed by atoms with E-state index < -0.39 is 0 Å². The van der Waals surface area contributed by atoms with E-state index in [1.54, 1.807) is 0 Å². The first kappa shape index (κ1) is 13.4. The summed E-state index contributed by atoms with van der Waals surface area (Å²) in [5.41, 5.74) is 0. The first-order valence-corrected chi connectivity index (χ1v) is 8.15. The summed E-state index contributed by atoms with van der Waals surface area (Å²) in [5, 5.41) is 3.84. The molecular weight excluding hydrogens is 206 g/mol. The molecular formula is C16H31N. The van der Waals surface area contributed by atoms with Crippen molar-refractivity contribution < 1.29 is 0 Å². The van der Waals surface area contributed by atoms with Crippen molar-refractivity contribution in [2.24, 2.45) is 11.8 Å². The quantitative estimate of drug-likeness (QED) is 0.758. The van der Waals surface area contributed by atoms with Gasteiger partial charge < -0.3 is 5.32 Å². The van der Waals surface area contributed by atoms with Crippen LogP contribution in [0.25, 0.3) is 0 Å². The Labute approximate surface area is 108 Å². The minimum absolute atomic E-state index is 0.848. The summed E-state index contributed by atoms with van der Waals surface area (Å²) in [6, 6.07) is 0.848. The maximum Gasteiger partial charge on any atom is 0.0123 e. The van der Waals surface area contributed by atoms with Gasteiger partial charge in [0.05, 0.1) is 0 Å². The van der Waals surface area contributed by atoms with Gasteiger partial charge in [0, 0.05) is 6.04 Å². The maximum atomic E-state index is 3.84. The lowest BCUT2D eigenvalue weighted by molar-refractivity contribution is 0.221. The van der Waals surface area contributed by atoms with Crippen molar-refractivity contribution in [2.75, 3.05) is 6.54 Å². The largest absolute Gasteiger partial charge is 0.314 e. The number of hydrogen-bond donors (Lipinski definition) is 1. The Bertz CT molecular complexity index is 188. The standard InChI is InChI=1S/C16H31N/c1-2-17-16(15-12-8-9-13-15)14-10-6-4-3-5-7-11-14/h14-17H,2-13H2,1H3. The lowest BCUT2D eigenvalue weighted by Gasteiger charge is -2.33. The molecule has 2 rings (SSSR count). The van der Waals surface area contributed by atoms with E-state index in [-0.39, 0.29) is 0 Å². The summed E-state index contributed by atoms with van der Waals surface area (Å²) in [6.07, 6.45) is 16.4. The van der Waals surface area contributed by atoms with Gasteiger partial charge in [0.2, 0.25) is 0 Å². The molecule has 1 nitrogen and oxygen atoms in total. The normalized spacial score (nSPS) is 26.6. The van der Waals surface area contributed by atoms with Crippen molar-refractivity contribution in [1.82, 2.24) is 5.32 Å². The second kappa shape index (κ2) is 7.41. The first-order valence-electron chi connectivity index (χ1n) is 8.15. The molecule has 1 unspecified atom stereocenters. The van der Waals surface area contributed by atoms with Crippen LogP contribution in [0.4, 0.5) is 0 Å². The van der Waals surface area contributed by atoms with Gasteiger partial charge in [0.1, 0.15) is 0 Å². The van der Waals surface area contributed by atoms with Gasteiger partial charge >= 0.3 is 0 Å². The molecule has 0 aromatic heterocycles. The fourth-order valence-electron chi connectivity index (χ4n) is 4.12. The molecule has 0 aromatic rings. The highest BCUT2D eigenvalue weighted by atomic mass is 14.9. The van der Waals surface area contributed by atoms with Crippen LogP contribution in [0.5, 0.6) is 0 Å². The zero-order chi connectivity index (χ0) is 11.9. The van der Waals surface area contributed by atoms with E-state index in [2.05, 4.69) is 12.2 Å². The minimum atomic E-state index is 0.848. The van der Waals surface area contributed by atoms with Crippen LogP contribution in [0, 0.1) is 11.8 Å². The lowest BCUT2D eigenvalue weighted by atomic mass is 9.79. The van der Waals surface area contributed by atoms with Gasteiger partial charge in [-0.15, -0.1) is 0 Å². The summed E-state index contributed by atoms with van der Waals surface area (Å²) in [7, 11) is 0. The minimum Gasteiger partial charge on any atom is -0.314 e. The molecule has 0 saturated heterocycles. The third-order valence-electron chi connectivity index (χ3n) is 5.01. The maximum absolute atomic E-state index is 3.84. The van der Waals surface area contributed by atoms with Crippen molar-refractivity contribution in [2.45, 2.75) is 83.6 Å². The molecule has 2 aliphatic rings. The molecule has 17 heavy (non-hydrogen) atoms. The van der Waals surface area contributed by atoms with Crippen LogP contribution in [0.2, 0.25) is 0 Å². The average molecular weight is 237 g/mol. The van der Waals surface area contributed by atoms with Crippen LogP contribution < -0.4 is 5.32 Å². The van der Waals surface area contributed by atoms with E-state index in [1.807, 2.05) is 0 Å². The summed E-state index contributed by atoms with van der Waals surface area (Å²) in [4.78, 5) is 0. The van der Waals surface area contributed by atoms with Crippen molar-refractivity contribution >= 4 is 0 Å². The SMILES string of the molecule is CCNC(C1CCCCCCC1)C1CCCC1. The van der Waals surface area contributed by atoms with Crippen LogP contribution in [0.1, 0.15) is 77.6 Å². The van der Waals surface area contributed by atoms with E-state index in [9.17, 15) is 0 Å². The Balaban J connectivity index is 1.91. The number of rotatable bonds is 4. The number of nitrogens with one attached hydrogen (secondary N) is 1. The molecule has 1 heteroatoms. The second-order valence-corrected chi connectivity index (χ2v) is 6.23. The van der Waals surface area contributed by atoms with Crippen molar-refractivity contribution in [1.29, 1.82) is 0 Å². The van der Waals surface area contributed by atoms with Gasteiger partial charge in [-0.05, 0) is 44.1 Å². The Morgan fingerprint density at radius 3 is 1.65 bits per heavy atom. The molecule has 0 amide bonds. The summed E-state index contributed by atoms with van der Waals surface area (Å²) < 4.78 is 0. The predicted molar refractivity (Wildman–Crippen MR) is 75.2 cm³/mol. The van der Waals surface area contributed by atoms with Crippen LogP contribution >= 0.6 is 0 Å². The number of hydrogen-bond acceptors (Lipinski definition) is 1. The molecule has 0 spiro atoms. The molecule has 0 aliphatic heterocycles. The molecule has 2 saturated carbocycles. The van der Waals surface area contributed by atoms with Crippen LogP contribution in [0.3, 0.4) is 0 Å². The summed E-state index contributed by atoms with van der Waals surface area (Å²) in [5.74, 6) is 1.98. The van der Waals surface area contributed by atoms with E-state index in [4.69, 9.17) is 0 Å². The van der Waals surface area contributed by atoms with E-state index >= 15 is 0 Å². The topological polar surface area (TPSA) is 12.0 Å². The van der Waals surface area contributed by atoms with Crippen LogP contribution in [-0.4, -0.2) is 12.6 Å².